The second-order valence-corrected chi connectivity index (χ2v) is 8.62. The van der Waals surface area contributed by atoms with Crippen molar-refractivity contribution in [1.29, 1.82) is 0 Å². The Morgan fingerprint density at radius 1 is 1.13 bits per heavy atom. The molecule has 2 aliphatic heterocycles. The van der Waals surface area contributed by atoms with Crippen LogP contribution in [0.25, 0.3) is 0 Å². The fourth-order valence-electron chi connectivity index (χ4n) is 3.77. The number of nitrogens with one attached hydrogen (secondary N) is 1. The Hall–Kier alpha value is -2.55. The predicted molar refractivity (Wildman–Crippen MR) is 115 cm³/mol. The zero-order valence-corrected chi connectivity index (χ0v) is 17.7. The molecule has 2 aliphatic rings. The molecule has 0 radical (unpaired) electrons. The lowest BCUT2D eigenvalue weighted by molar-refractivity contribution is 0.0383. The van der Waals surface area contributed by atoms with Crippen LogP contribution >= 0.6 is 0 Å². The molecule has 2 aromatic rings. The van der Waals surface area contributed by atoms with E-state index in [0.29, 0.717) is 39.7 Å². The van der Waals surface area contributed by atoms with Gasteiger partial charge < -0.3 is 15.0 Å². The standard InChI is InChI=1S/C22H25N3O4S/c1-2-25-18-15-16(21(26)23-9-10-24-11-13-29-14-12-24)7-8-20(18)30(28)19-6-4-3-5-17(19)22(25)27/h3-8,15H,2,9-14H2,1H3,(H,23,26). The maximum atomic E-state index is 13.2. The number of nitrogens with zero attached hydrogens (tertiary/aromatic N) is 2. The van der Waals surface area contributed by atoms with E-state index in [1.807, 2.05) is 6.92 Å². The molecule has 8 heteroatoms. The summed E-state index contributed by atoms with van der Waals surface area (Å²) in [4.78, 5) is 30.7. The molecule has 2 aromatic carbocycles. The van der Waals surface area contributed by atoms with Gasteiger partial charge in [0.15, 0.2) is 0 Å². The number of anilines is 1. The molecule has 1 fully saturated rings. The molecule has 1 atom stereocenters. The van der Waals surface area contributed by atoms with E-state index in [0.717, 1.165) is 32.8 Å². The lowest BCUT2D eigenvalue weighted by atomic mass is 10.1. The number of carbonyl (C=O) groups excluding carboxylic acids is 2. The first-order chi connectivity index (χ1) is 14.6. The van der Waals surface area contributed by atoms with Crippen LogP contribution in [0.1, 0.15) is 27.6 Å². The number of hydrogen-bond donors (Lipinski definition) is 1. The molecular formula is C22H25N3O4S. The van der Waals surface area contributed by atoms with Crippen LogP contribution in [0.15, 0.2) is 52.3 Å². The highest BCUT2D eigenvalue weighted by molar-refractivity contribution is 7.85. The minimum atomic E-state index is -1.49. The first-order valence-electron chi connectivity index (χ1n) is 10.1. The summed E-state index contributed by atoms with van der Waals surface area (Å²) in [6, 6.07) is 12.0. The number of benzene rings is 2. The predicted octanol–water partition coefficient (Wildman–Crippen LogP) is 1.90. The fraction of sp³-hybridized carbons (Fsp3) is 0.364. The van der Waals surface area contributed by atoms with E-state index in [1.54, 1.807) is 47.4 Å². The van der Waals surface area contributed by atoms with Crippen molar-refractivity contribution in [2.24, 2.45) is 0 Å². The summed E-state index contributed by atoms with van der Waals surface area (Å²) in [5, 5.41) is 2.94. The summed E-state index contributed by atoms with van der Waals surface area (Å²) in [5.41, 5.74) is 1.41. The molecule has 7 nitrogen and oxygen atoms in total. The Bertz CT molecular complexity index is 988. The maximum absolute atomic E-state index is 13.2. The zero-order chi connectivity index (χ0) is 21.1. The molecule has 30 heavy (non-hydrogen) atoms. The van der Waals surface area contributed by atoms with Crippen molar-refractivity contribution in [2.45, 2.75) is 16.7 Å². The van der Waals surface area contributed by atoms with E-state index in [-0.39, 0.29) is 11.8 Å². The van der Waals surface area contributed by atoms with Crippen molar-refractivity contribution in [3.05, 3.63) is 53.6 Å². The van der Waals surface area contributed by atoms with E-state index in [9.17, 15) is 13.8 Å². The van der Waals surface area contributed by atoms with Crippen LogP contribution in [-0.2, 0) is 15.5 Å². The summed E-state index contributed by atoms with van der Waals surface area (Å²) in [6.07, 6.45) is 0. The minimum absolute atomic E-state index is 0.204. The summed E-state index contributed by atoms with van der Waals surface area (Å²) >= 11 is 0. The first-order valence-corrected chi connectivity index (χ1v) is 11.3. The van der Waals surface area contributed by atoms with E-state index in [2.05, 4.69) is 10.2 Å². The van der Waals surface area contributed by atoms with Gasteiger partial charge in [-0.15, -0.1) is 0 Å². The summed E-state index contributed by atoms with van der Waals surface area (Å²) in [7, 11) is -1.49. The largest absolute Gasteiger partial charge is 0.379 e. The van der Waals surface area contributed by atoms with Gasteiger partial charge in [-0.3, -0.25) is 14.5 Å². The van der Waals surface area contributed by atoms with Crippen LogP contribution in [0.3, 0.4) is 0 Å². The zero-order valence-electron chi connectivity index (χ0n) is 16.9. The van der Waals surface area contributed by atoms with E-state index in [4.69, 9.17) is 4.74 Å². The van der Waals surface area contributed by atoms with Crippen molar-refractivity contribution >= 4 is 28.3 Å². The van der Waals surface area contributed by atoms with Crippen molar-refractivity contribution < 1.29 is 18.5 Å². The van der Waals surface area contributed by atoms with Gasteiger partial charge in [0.25, 0.3) is 11.8 Å². The molecule has 1 N–H and O–H groups in total. The molecule has 2 amide bonds. The fourth-order valence-corrected chi connectivity index (χ4v) is 5.12. The second kappa shape index (κ2) is 9.07. The highest BCUT2D eigenvalue weighted by atomic mass is 32.2. The van der Waals surface area contributed by atoms with Gasteiger partial charge in [0, 0.05) is 38.3 Å². The smallest absolute Gasteiger partial charge is 0.259 e. The van der Waals surface area contributed by atoms with Crippen LogP contribution in [0.2, 0.25) is 0 Å². The average molecular weight is 428 g/mol. The molecule has 0 saturated carbocycles. The van der Waals surface area contributed by atoms with Crippen LogP contribution in [0.4, 0.5) is 5.69 Å². The number of hydrogen-bond acceptors (Lipinski definition) is 5. The molecule has 4 rings (SSSR count). The van der Waals surface area contributed by atoms with Crippen molar-refractivity contribution in [1.82, 2.24) is 10.2 Å². The van der Waals surface area contributed by atoms with Gasteiger partial charge in [-0.25, -0.2) is 4.21 Å². The quantitative estimate of drug-likeness (QED) is 0.789. The maximum Gasteiger partial charge on any atom is 0.259 e. The minimum Gasteiger partial charge on any atom is -0.379 e. The highest BCUT2D eigenvalue weighted by Crippen LogP contribution is 2.34. The third-order valence-corrected chi connectivity index (χ3v) is 6.91. The highest BCUT2D eigenvalue weighted by Gasteiger charge is 2.30. The molecular weight excluding hydrogens is 402 g/mol. The summed E-state index contributed by atoms with van der Waals surface area (Å²) in [5.74, 6) is -0.410. The Balaban J connectivity index is 1.56. The van der Waals surface area contributed by atoms with Gasteiger partial charge in [0.1, 0.15) is 0 Å². The van der Waals surface area contributed by atoms with Crippen LogP contribution in [-0.4, -0.2) is 66.9 Å². The molecule has 0 aromatic heterocycles. The van der Waals surface area contributed by atoms with Crippen LogP contribution in [0, 0.1) is 0 Å². The molecule has 2 heterocycles. The van der Waals surface area contributed by atoms with Gasteiger partial charge >= 0.3 is 0 Å². The Morgan fingerprint density at radius 3 is 2.67 bits per heavy atom. The molecule has 158 valence electrons. The van der Waals surface area contributed by atoms with Gasteiger partial charge in [-0.2, -0.15) is 0 Å². The molecule has 0 spiro atoms. The molecule has 0 bridgehead atoms. The lowest BCUT2D eigenvalue weighted by Crippen LogP contribution is -2.41. The number of rotatable bonds is 5. The second-order valence-electron chi connectivity index (χ2n) is 7.21. The molecule has 1 saturated heterocycles. The first kappa shape index (κ1) is 20.7. The van der Waals surface area contributed by atoms with E-state index >= 15 is 0 Å². The van der Waals surface area contributed by atoms with Crippen molar-refractivity contribution in [3.63, 3.8) is 0 Å². The van der Waals surface area contributed by atoms with Gasteiger partial charge in [-0.05, 0) is 37.3 Å². The number of ether oxygens (including phenoxy) is 1. The monoisotopic (exact) mass is 427 g/mol. The Kier molecular flexibility index (Phi) is 6.26. The topological polar surface area (TPSA) is 79.0 Å². The van der Waals surface area contributed by atoms with Gasteiger partial charge in [-0.1, -0.05) is 12.1 Å². The van der Waals surface area contributed by atoms with Crippen LogP contribution < -0.4 is 10.2 Å². The van der Waals surface area contributed by atoms with E-state index in [1.165, 1.54) is 0 Å². The molecule has 1 unspecified atom stereocenters. The van der Waals surface area contributed by atoms with Crippen molar-refractivity contribution in [2.75, 3.05) is 50.8 Å². The number of fused-ring (bicyclic) bond motifs is 2. The normalized spacial score (nSPS) is 19.0. The number of morpholine rings is 1. The van der Waals surface area contributed by atoms with Crippen LogP contribution in [0.5, 0.6) is 0 Å². The summed E-state index contributed by atoms with van der Waals surface area (Å²) < 4.78 is 18.5. The Labute approximate surface area is 178 Å². The third kappa shape index (κ3) is 4.03. The van der Waals surface area contributed by atoms with E-state index < -0.39 is 10.8 Å². The van der Waals surface area contributed by atoms with Gasteiger partial charge in [0.2, 0.25) is 0 Å². The number of amides is 2. The average Bonchev–Trinajstić information content (AvgIpc) is 2.87. The molecule has 0 aliphatic carbocycles. The van der Waals surface area contributed by atoms with Gasteiger partial charge in [0.05, 0.1) is 45.1 Å². The third-order valence-electron chi connectivity index (χ3n) is 5.41. The SMILES string of the molecule is CCN1C(=O)c2ccccc2S(=O)c2ccc(C(=O)NCCN3CCOCC3)cc21. The Morgan fingerprint density at radius 2 is 1.90 bits per heavy atom. The summed E-state index contributed by atoms with van der Waals surface area (Å²) in [6.45, 7) is 6.76. The lowest BCUT2D eigenvalue weighted by Gasteiger charge is -2.26. The van der Waals surface area contributed by atoms with Crippen molar-refractivity contribution in [3.8, 4) is 0 Å². The number of carbonyl (C=O) groups is 2.